The second-order valence-electron chi connectivity index (χ2n) is 6.57. The normalized spacial score (nSPS) is 16.4. The molecule has 1 atom stereocenters. The molecular weight excluding hydrogens is 437 g/mol. The minimum Gasteiger partial charge on any atom is -0.503 e. The van der Waals surface area contributed by atoms with Crippen LogP contribution in [-0.4, -0.2) is 18.1 Å². The molecular formula is C23H17BrFNO3. The average Bonchev–Trinajstić information content (AvgIpc) is 3.00. The van der Waals surface area contributed by atoms with Crippen molar-refractivity contribution in [3.05, 3.63) is 100.0 Å². The molecule has 0 saturated carbocycles. The van der Waals surface area contributed by atoms with Gasteiger partial charge in [0.15, 0.2) is 5.76 Å². The third-order valence-corrected chi connectivity index (χ3v) is 5.64. The Bertz CT molecular complexity index is 1090. The monoisotopic (exact) mass is 453 g/mol. The second-order valence-corrected chi connectivity index (χ2v) is 7.42. The maximum atomic E-state index is 13.5. The number of aliphatic hydroxyl groups excluding tert-OH is 1. The zero-order valence-electron chi connectivity index (χ0n) is 15.5. The number of carbonyl (C=O) groups is 1. The largest absolute Gasteiger partial charge is 0.503 e. The Morgan fingerprint density at radius 1 is 1.00 bits per heavy atom. The van der Waals surface area contributed by atoms with Crippen LogP contribution in [-0.2, 0) is 4.79 Å². The van der Waals surface area contributed by atoms with Gasteiger partial charge in [0, 0.05) is 15.7 Å². The molecule has 1 heterocycles. The first-order valence-electron chi connectivity index (χ1n) is 8.92. The van der Waals surface area contributed by atoms with E-state index < -0.39 is 17.8 Å². The lowest BCUT2D eigenvalue weighted by Gasteiger charge is -2.28. The number of halogens is 2. The molecule has 0 radical (unpaired) electrons. The van der Waals surface area contributed by atoms with Crippen LogP contribution < -0.4 is 9.64 Å². The van der Waals surface area contributed by atoms with Gasteiger partial charge in [0.1, 0.15) is 11.6 Å². The van der Waals surface area contributed by atoms with Crippen LogP contribution in [0.1, 0.15) is 17.2 Å². The molecule has 29 heavy (non-hydrogen) atoms. The maximum absolute atomic E-state index is 13.5. The number of hydrogen-bond acceptors (Lipinski definition) is 3. The van der Waals surface area contributed by atoms with Gasteiger partial charge in [-0.15, -0.1) is 0 Å². The summed E-state index contributed by atoms with van der Waals surface area (Å²) in [5.74, 6) is -0.597. The predicted octanol–water partition coefficient (Wildman–Crippen LogP) is 5.65. The summed E-state index contributed by atoms with van der Waals surface area (Å²) in [6.07, 6.45) is 0. The first kappa shape index (κ1) is 19.2. The van der Waals surface area contributed by atoms with Gasteiger partial charge in [-0.2, -0.15) is 0 Å². The minimum absolute atomic E-state index is 0.333. The maximum Gasteiger partial charge on any atom is 0.294 e. The lowest BCUT2D eigenvalue weighted by Crippen LogP contribution is -2.30. The summed E-state index contributed by atoms with van der Waals surface area (Å²) in [7, 11) is 1.57. The number of ether oxygens (including phenoxy) is 1. The van der Waals surface area contributed by atoms with Crippen LogP contribution in [0.2, 0.25) is 0 Å². The summed E-state index contributed by atoms with van der Waals surface area (Å²) in [4.78, 5) is 14.6. The number of rotatable bonds is 4. The van der Waals surface area contributed by atoms with E-state index in [1.54, 1.807) is 31.4 Å². The van der Waals surface area contributed by atoms with Crippen molar-refractivity contribution in [2.24, 2.45) is 0 Å². The number of methoxy groups -OCH3 is 1. The molecule has 1 aliphatic rings. The Balaban J connectivity index is 1.91. The fourth-order valence-electron chi connectivity index (χ4n) is 3.53. The number of nitrogens with zero attached hydrogens (tertiary/aromatic N) is 1. The van der Waals surface area contributed by atoms with E-state index in [9.17, 15) is 14.3 Å². The summed E-state index contributed by atoms with van der Waals surface area (Å²) >= 11 is 3.56. The van der Waals surface area contributed by atoms with Gasteiger partial charge < -0.3 is 9.84 Å². The third kappa shape index (κ3) is 3.40. The molecule has 146 valence electrons. The van der Waals surface area contributed by atoms with E-state index in [0.717, 1.165) is 10.0 Å². The molecule has 4 rings (SSSR count). The van der Waals surface area contributed by atoms with E-state index in [2.05, 4.69) is 15.9 Å². The number of benzene rings is 3. The third-order valence-electron chi connectivity index (χ3n) is 4.91. The van der Waals surface area contributed by atoms with E-state index in [1.165, 1.54) is 29.2 Å². The molecule has 0 bridgehead atoms. The standard InChI is InChI=1S/C23H17BrFNO3/c1-29-17-12-6-14(7-13-17)20-21(18-4-2-3-5-19(18)24)26(23(28)22(20)27)16-10-8-15(25)9-11-16/h2-13,21,27H,1H3/t21-/m0/s1. The van der Waals surface area contributed by atoms with Gasteiger partial charge in [0.25, 0.3) is 5.91 Å². The Labute approximate surface area is 176 Å². The lowest BCUT2D eigenvalue weighted by molar-refractivity contribution is -0.117. The van der Waals surface area contributed by atoms with Crippen LogP contribution in [0.3, 0.4) is 0 Å². The van der Waals surface area contributed by atoms with Gasteiger partial charge in [0.2, 0.25) is 0 Å². The summed E-state index contributed by atoms with van der Waals surface area (Å²) < 4.78 is 19.5. The molecule has 0 aliphatic carbocycles. The topological polar surface area (TPSA) is 49.8 Å². The smallest absolute Gasteiger partial charge is 0.294 e. The van der Waals surface area contributed by atoms with Crippen LogP contribution in [0, 0.1) is 5.82 Å². The molecule has 6 heteroatoms. The SMILES string of the molecule is COc1ccc(C2=C(O)C(=O)N(c3ccc(F)cc3)[C@H]2c2ccccc2Br)cc1. The van der Waals surface area contributed by atoms with E-state index in [0.29, 0.717) is 22.6 Å². The summed E-state index contributed by atoms with van der Waals surface area (Å²) in [6, 6.07) is 19.7. The molecule has 0 saturated heterocycles. The average molecular weight is 454 g/mol. The molecule has 3 aromatic carbocycles. The van der Waals surface area contributed by atoms with Gasteiger partial charge in [-0.3, -0.25) is 9.69 Å². The molecule has 3 aromatic rings. The van der Waals surface area contributed by atoms with Crippen molar-refractivity contribution in [3.8, 4) is 5.75 Å². The van der Waals surface area contributed by atoms with Crippen molar-refractivity contribution in [1.29, 1.82) is 0 Å². The van der Waals surface area contributed by atoms with Crippen molar-refractivity contribution in [2.75, 3.05) is 12.0 Å². The number of hydrogen-bond donors (Lipinski definition) is 1. The highest BCUT2D eigenvalue weighted by atomic mass is 79.9. The van der Waals surface area contributed by atoms with Crippen LogP contribution >= 0.6 is 15.9 Å². The Kier molecular flexibility index (Phi) is 5.11. The zero-order valence-corrected chi connectivity index (χ0v) is 17.1. The van der Waals surface area contributed by atoms with Gasteiger partial charge in [-0.25, -0.2) is 4.39 Å². The van der Waals surface area contributed by atoms with Crippen molar-refractivity contribution in [3.63, 3.8) is 0 Å². The summed E-state index contributed by atoms with van der Waals surface area (Å²) in [5, 5.41) is 10.8. The van der Waals surface area contributed by atoms with Crippen molar-refractivity contribution >= 4 is 33.1 Å². The molecule has 4 nitrogen and oxygen atoms in total. The van der Waals surface area contributed by atoms with Crippen molar-refractivity contribution in [2.45, 2.75) is 6.04 Å². The van der Waals surface area contributed by atoms with Crippen LogP contribution in [0.25, 0.3) is 5.57 Å². The zero-order chi connectivity index (χ0) is 20.5. The first-order valence-corrected chi connectivity index (χ1v) is 9.71. The Hall–Kier alpha value is -3.12. The summed E-state index contributed by atoms with van der Waals surface area (Å²) in [5.41, 5.74) is 2.48. The number of carbonyl (C=O) groups excluding carboxylic acids is 1. The van der Waals surface area contributed by atoms with Crippen LogP contribution in [0.5, 0.6) is 5.75 Å². The number of aliphatic hydroxyl groups is 1. The molecule has 1 aliphatic heterocycles. The highest BCUT2D eigenvalue weighted by Gasteiger charge is 2.42. The van der Waals surface area contributed by atoms with Crippen LogP contribution in [0.15, 0.2) is 83.0 Å². The number of anilines is 1. The lowest BCUT2D eigenvalue weighted by atomic mass is 9.93. The highest BCUT2D eigenvalue weighted by Crippen LogP contribution is 2.47. The Morgan fingerprint density at radius 2 is 1.66 bits per heavy atom. The van der Waals surface area contributed by atoms with Gasteiger partial charge >= 0.3 is 0 Å². The molecule has 1 amide bonds. The van der Waals surface area contributed by atoms with E-state index in [-0.39, 0.29) is 5.76 Å². The van der Waals surface area contributed by atoms with Gasteiger partial charge in [-0.05, 0) is 53.6 Å². The van der Waals surface area contributed by atoms with Gasteiger partial charge in [-0.1, -0.05) is 46.3 Å². The van der Waals surface area contributed by atoms with E-state index in [4.69, 9.17) is 4.74 Å². The molecule has 0 unspecified atom stereocenters. The molecule has 0 spiro atoms. The molecule has 0 fully saturated rings. The molecule has 0 aromatic heterocycles. The highest BCUT2D eigenvalue weighted by molar-refractivity contribution is 9.10. The minimum atomic E-state index is -0.586. The summed E-state index contributed by atoms with van der Waals surface area (Å²) in [6.45, 7) is 0. The Morgan fingerprint density at radius 3 is 2.28 bits per heavy atom. The predicted molar refractivity (Wildman–Crippen MR) is 113 cm³/mol. The van der Waals surface area contributed by atoms with E-state index >= 15 is 0 Å². The second kappa shape index (κ2) is 7.72. The van der Waals surface area contributed by atoms with Crippen molar-refractivity contribution < 1.29 is 19.0 Å². The molecule has 1 N–H and O–H groups in total. The first-order chi connectivity index (χ1) is 14.0. The number of amides is 1. The quantitative estimate of drug-likeness (QED) is 0.554. The fourth-order valence-corrected chi connectivity index (χ4v) is 4.03. The van der Waals surface area contributed by atoms with Crippen molar-refractivity contribution in [1.82, 2.24) is 0 Å². The van der Waals surface area contributed by atoms with E-state index in [1.807, 2.05) is 24.3 Å². The van der Waals surface area contributed by atoms with Gasteiger partial charge in [0.05, 0.1) is 13.2 Å². The fraction of sp³-hybridized carbons (Fsp3) is 0.0870. The van der Waals surface area contributed by atoms with Crippen LogP contribution in [0.4, 0.5) is 10.1 Å².